The maximum absolute atomic E-state index is 12.4. The van der Waals surface area contributed by atoms with Gasteiger partial charge in [0.05, 0.1) is 23.2 Å². The van der Waals surface area contributed by atoms with Gasteiger partial charge in [-0.2, -0.15) is 0 Å². The topological polar surface area (TPSA) is 99.3 Å². The largest absolute Gasteiger partial charge is 0.511 e. The van der Waals surface area contributed by atoms with Gasteiger partial charge in [-0.1, -0.05) is 40.5 Å². The first-order valence-corrected chi connectivity index (χ1v) is 10.9. The summed E-state index contributed by atoms with van der Waals surface area (Å²) in [6, 6.07) is -0.202. The molecule has 0 aromatic rings. The van der Waals surface area contributed by atoms with E-state index in [0.29, 0.717) is 36.8 Å². The fourth-order valence-corrected chi connectivity index (χ4v) is 4.68. The number of carbonyl (C=O) groups excluding carboxylic acids is 2. The maximum Gasteiger partial charge on any atom is 0.168 e. The highest BCUT2D eigenvalue weighted by atomic mass is 16.3. The van der Waals surface area contributed by atoms with E-state index in [4.69, 9.17) is 0 Å². The summed E-state index contributed by atoms with van der Waals surface area (Å²) < 4.78 is 0. The van der Waals surface area contributed by atoms with Crippen molar-refractivity contribution in [3.05, 3.63) is 22.7 Å². The Bertz CT molecular complexity index is 775. The summed E-state index contributed by atoms with van der Waals surface area (Å²) in [5, 5.41) is 20.6. The third-order valence-electron chi connectivity index (χ3n) is 6.28. The summed E-state index contributed by atoms with van der Waals surface area (Å²) in [4.78, 5) is 34.1. The minimum absolute atomic E-state index is 0.0751. The Kier molecular flexibility index (Phi) is 6.34. The van der Waals surface area contributed by atoms with Crippen molar-refractivity contribution in [3.8, 4) is 0 Å². The van der Waals surface area contributed by atoms with Crippen molar-refractivity contribution < 1.29 is 19.8 Å². The zero-order valence-electron chi connectivity index (χ0n) is 18.6. The molecule has 0 aromatic carbocycles. The molecule has 0 radical (unpaired) electrons. The summed E-state index contributed by atoms with van der Waals surface area (Å²) >= 11 is 0. The maximum atomic E-state index is 12.4. The molecule has 3 aliphatic carbocycles. The molecule has 164 valence electrons. The van der Waals surface area contributed by atoms with E-state index in [0.717, 1.165) is 25.7 Å². The average Bonchev–Trinajstić information content (AvgIpc) is 2.59. The van der Waals surface area contributed by atoms with Crippen LogP contribution in [0.2, 0.25) is 0 Å². The predicted molar refractivity (Wildman–Crippen MR) is 118 cm³/mol. The smallest absolute Gasteiger partial charge is 0.168 e. The summed E-state index contributed by atoms with van der Waals surface area (Å²) in [6.07, 6.45) is 8.54. The minimum Gasteiger partial charge on any atom is -0.511 e. The number of nitrogens with zero attached hydrogens (tertiary/aromatic N) is 2. The zero-order valence-corrected chi connectivity index (χ0v) is 18.6. The van der Waals surface area contributed by atoms with Gasteiger partial charge in [-0.05, 0) is 23.7 Å². The lowest BCUT2D eigenvalue weighted by Gasteiger charge is -2.30. The molecule has 6 heteroatoms. The van der Waals surface area contributed by atoms with Crippen molar-refractivity contribution in [3.63, 3.8) is 0 Å². The summed E-state index contributed by atoms with van der Waals surface area (Å²) in [5.74, 6) is 0.0745. The fraction of sp³-hybridized carbons (Fsp3) is 0.667. The molecular weight excluding hydrogens is 380 g/mol. The second-order valence-electron chi connectivity index (χ2n) is 10.6. The number of carbonyl (C=O) groups is 2. The van der Waals surface area contributed by atoms with Crippen molar-refractivity contribution in [2.45, 2.75) is 91.1 Å². The molecule has 3 aliphatic rings. The molecule has 30 heavy (non-hydrogen) atoms. The molecule has 3 rings (SSSR count). The summed E-state index contributed by atoms with van der Waals surface area (Å²) in [7, 11) is 0. The van der Waals surface area contributed by atoms with Crippen molar-refractivity contribution in [1.82, 2.24) is 0 Å². The Morgan fingerprint density at radius 3 is 1.43 bits per heavy atom. The molecule has 2 N–H and O–H groups in total. The molecule has 0 aromatic heterocycles. The van der Waals surface area contributed by atoms with Crippen LogP contribution in [0, 0.1) is 10.8 Å². The molecule has 0 bridgehead atoms. The van der Waals surface area contributed by atoms with Crippen molar-refractivity contribution in [2.75, 3.05) is 0 Å². The van der Waals surface area contributed by atoms with E-state index >= 15 is 0 Å². The highest BCUT2D eigenvalue weighted by molar-refractivity contribution is 6.15. The van der Waals surface area contributed by atoms with Crippen LogP contribution in [-0.2, 0) is 9.59 Å². The van der Waals surface area contributed by atoms with Crippen molar-refractivity contribution in [1.29, 1.82) is 0 Å². The number of allylic oxidation sites excluding steroid dienone is 4. The van der Waals surface area contributed by atoms with Gasteiger partial charge in [0, 0.05) is 38.1 Å². The van der Waals surface area contributed by atoms with Gasteiger partial charge >= 0.3 is 0 Å². The van der Waals surface area contributed by atoms with Gasteiger partial charge in [-0.3, -0.25) is 19.6 Å². The minimum atomic E-state index is -0.229. The molecule has 6 nitrogen and oxygen atoms in total. The predicted octanol–water partition coefficient (Wildman–Crippen LogP) is 4.84. The van der Waals surface area contributed by atoms with E-state index in [2.05, 4.69) is 9.98 Å². The Morgan fingerprint density at radius 1 is 0.733 bits per heavy atom. The van der Waals surface area contributed by atoms with E-state index in [9.17, 15) is 19.8 Å². The first-order valence-electron chi connectivity index (χ1n) is 10.9. The number of hydrogen-bond acceptors (Lipinski definition) is 6. The lowest BCUT2D eigenvalue weighted by atomic mass is 9.76. The first-order chi connectivity index (χ1) is 14.0. The quantitative estimate of drug-likeness (QED) is 0.643. The van der Waals surface area contributed by atoms with Crippen molar-refractivity contribution >= 4 is 24.0 Å². The van der Waals surface area contributed by atoms with Crippen LogP contribution in [0.25, 0.3) is 0 Å². The van der Waals surface area contributed by atoms with Crippen LogP contribution in [0.15, 0.2) is 32.6 Å². The number of aliphatic imine (C=N–C) groups is 2. The molecule has 0 unspecified atom stereocenters. The van der Waals surface area contributed by atoms with Gasteiger partial charge in [-0.15, -0.1) is 0 Å². The zero-order chi connectivity index (χ0) is 22.1. The van der Waals surface area contributed by atoms with E-state index in [1.165, 1.54) is 12.4 Å². The highest BCUT2D eigenvalue weighted by Gasteiger charge is 2.34. The highest BCUT2D eigenvalue weighted by Crippen LogP contribution is 2.36. The van der Waals surface area contributed by atoms with Gasteiger partial charge < -0.3 is 10.2 Å². The molecular formula is C24H34N2O4. The van der Waals surface area contributed by atoms with Gasteiger partial charge in [0.2, 0.25) is 0 Å². The van der Waals surface area contributed by atoms with E-state index in [1.54, 1.807) is 0 Å². The molecule has 0 heterocycles. The van der Waals surface area contributed by atoms with Crippen molar-refractivity contribution in [2.24, 2.45) is 20.8 Å². The standard InChI is InChI=1S/C24H34N2O4/c1-23(2)9-19(27)15(20(28)10-23)13-25-17-7-5-6-8-18(17)26-14-16-21(29)11-24(3,4)12-22(16)30/h13-14,17-18,27,29H,5-12H2,1-4H3/t17-,18-/m0/s1. The van der Waals surface area contributed by atoms with Crippen LogP contribution < -0.4 is 0 Å². The lowest BCUT2D eigenvalue weighted by molar-refractivity contribution is -0.118. The van der Waals surface area contributed by atoms with Gasteiger partial charge in [-0.25, -0.2) is 0 Å². The first kappa shape index (κ1) is 22.4. The van der Waals surface area contributed by atoms with E-state index < -0.39 is 0 Å². The summed E-state index contributed by atoms with van der Waals surface area (Å²) in [5.41, 5.74) is 0.167. The van der Waals surface area contributed by atoms with Gasteiger partial charge in [0.1, 0.15) is 11.5 Å². The van der Waals surface area contributed by atoms with Crippen LogP contribution >= 0.6 is 0 Å². The average molecular weight is 415 g/mol. The molecule has 0 amide bonds. The number of aliphatic hydroxyl groups is 2. The number of rotatable bonds is 4. The van der Waals surface area contributed by atoms with Crippen LogP contribution in [0.5, 0.6) is 0 Å². The number of aliphatic hydroxyl groups excluding tert-OH is 2. The SMILES string of the molecule is CC1(C)CC(=O)C(C=N[C@H]2CCCC[C@@H]2N=CC2=C(O)CC(C)(C)CC2=O)=C(O)C1. The number of ketones is 2. The lowest BCUT2D eigenvalue weighted by Crippen LogP contribution is -2.30. The molecule has 0 saturated heterocycles. The third-order valence-corrected chi connectivity index (χ3v) is 6.28. The van der Waals surface area contributed by atoms with Crippen LogP contribution in [0.1, 0.15) is 79.1 Å². The normalized spacial score (nSPS) is 30.0. The number of hydrogen-bond donors (Lipinski definition) is 2. The second-order valence-corrected chi connectivity index (χ2v) is 10.6. The fourth-order valence-electron chi connectivity index (χ4n) is 4.68. The van der Waals surface area contributed by atoms with Gasteiger partial charge in [0.15, 0.2) is 11.6 Å². The van der Waals surface area contributed by atoms with Gasteiger partial charge in [0.25, 0.3) is 0 Å². The third kappa shape index (κ3) is 5.27. The monoisotopic (exact) mass is 414 g/mol. The Balaban J connectivity index is 1.76. The Labute approximate surface area is 178 Å². The van der Waals surface area contributed by atoms with Crippen LogP contribution in [0.4, 0.5) is 0 Å². The number of Topliss-reactive ketones (excluding diaryl/α,β-unsaturated/α-hetero) is 2. The molecule has 1 fully saturated rings. The molecule has 0 spiro atoms. The van der Waals surface area contributed by atoms with Crippen LogP contribution in [-0.4, -0.2) is 46.3 Å². The molecule has 0 aliphatic heterocycles. The van der Waals surface area contributed by atoms with E-state index in [-0.39, 0.29) is 46.0 Å². The van der Waals surface area contributed by atoms with Crippen LogP contribution in [0.3, 0.4) is 0 Å². The second kappa shape index (κ2) is 8.48. The Morgan fingerprint density at radius 2 is 1.10 bits per heavy atom. The summed E-state index contributed by atoms with van der Waals surface area (Å²) in [6.45, 7) is 7.88. The van der Waals surface area contributed by atoms with E-state index in [1.807, 2.05) is 27.7 Å². The Hall–Kier alpha value is -2.24. The molecule has 1 saturated carbocycles. The molecule has 2 atom stereocenters.